The molecule has 0 saturated carbocycles. The van der Waals surface area contributed by atoms with Crippen molar-refractivity contribution < 1.29 is 22.8 Å². The first kappa shape index (κ1) is 23.1. The molecule has 0 aliphatic rings. The van der Waals surface area contributed by atoms with E-state index >= 15 is 0 Å². The average Bonchev–Trinajstić information content (AvgIpc) is 2.72. The van der Waals surface area contributed by atoms with Gasteiger partial charge in [0.2, 0.25) is 5.91 Å². The number of pyridine rings is 1. The number of rotatable bonds is 8. The molecule has 2 heterocycles. The maximum Gasteiger partial charge on any atom is 0.419 e. The number of aromatic nitrogens is 3. The van der Waals surface area contributed by atoms with Crippen molar-refractivity contribution in [1.29, 1.82) is 0 Å². The second-order valence-corrected chi connectivity index (χ2v) is 7.34. The Hall–Kier alpha value is -3.62. The SMILES string of the molecule is CC(=O)c1ccc(Cc2ncc(C(F)(F)F)c(CCc3ccccc3CC(N)=O)n2)cn1. The summed E-state index contributed by atoms with van der Waals surface area (Å²) >= 11 is 0. The molecular formula is C23H21F3N4O2. The zero-order valence-electron chi connectivity index (χ0n) is 17.3. The van der Waals surface area contributed by atoms with Gasteiger partial charge in [0.25, 0.3) is 0 Å². The van der Waals surface area contributed by atoms with Crippen LogP contribution in [0.4, 0.5) is 13.2 Å². The Balaban J connectivity index is 1.85. The van der Waals surface area contributed by atoms with Crippen molar-refractivity contribution in [2.75, 3.05) is 0 Å². The maximum absolute atomic E-state index is 13.5. The van der Waals surface area contributed by atoms with E-state index in [-0.39, 0.29) is 43.0 Å². The summed E-state index contributed by atoms with van der Waals surface area (Å²) in [5, 5.41) is 0. The van der Waals surface area contributed by atoms with Crippen LogP contribution in [0.1, 0.15) is 51.2 Å². The molecule has 0 atom stereocenters. The predicted molar refractivity (Wildman–Crippen MR) is 111 cm³/mol. The van der Waals surface area contributed by atoms with Gasteiger partial charge in [-0.25, -0.2) is 9.97 Å². The van der Waals surface area contributed by atoms with Crippen LogP contribution in [0.5, 0.6) is 0 Å². The Bertz CT molecular complexity index is 1130. The first-order valence-electron chi connectivity index (χ1n) is 9.86. The second-order valence-electron chi connectivity index (χ2n) is 7.34. The third kappa shape index (κ3) is 5.96. The summed E-state index contributed by atoms with van der Waals surface area (Å²) in [5.74, 6) is -0.473. The standard InChI is InChI=1S/C23H21F3N4O2/c1-14(31)19-8-6-15(12-28-19)10-22-29-13-18(23(24,25)26)20(30-22)9-7-16-4-2-3-5-17(16)11-21(27)32/h2-6,8,12-13H,7,9-11H2,1H3,(H2,27,32). The number of carbonyl (C=O) groups is 2. The van der Waals surface area contributed by atoms with Gasteiger partial charge in [-0.3, -0.25) is 14.6 Å². The lowest BCUT2D eigenvalue weighted by Crippen LogP contribution is -2.16. The minimum atomic E-state index is -4.59. The van der Waals surface area contributed by atoms with Crippen LogP contribution in [-0.4, -0.2) is 26.6 Å². The lowest BCUT2D eigenvalue weighted by molar-refractivity contribution is -0.138. The Morgan fingerprint density at radius 1 is 0.969 bits per heavy atom. The number of Topliss-reactive ketones (excluding diaryl/α,β-unsaturated/α-hetero) is 1. The summed E-state index contributed by atoms with van der Waals surface area (Å²) in [6.07, 6.45) is -1.85. The number of carbonyl (C=O) groups excluding carboxylic acids is 2. The van der Waals surface area contributed by atoms with Gasteiger partial charge in [-0.1, -0.05) is 30.3 Å². The average molecular weight is 442 g/mol. The molecule has 0 fully saturated rings. The molecule has 3 aromatic rings. The molecule has 0 bridgehead atoms. The van der Waals surface area contributed by atoms with Gasteiger partial charge in [-0.05, 0) is 35.6 Å². The summed E-state index contributed by atoms with van der Waals surface area (Å²) in [4.78, 5) is 34.7. The van der Waals surface area contributed by atoms with Crippen molar-refractivity contribution in [1.82, 2.24) is 15.0 Å². The molecule has 2 aromatic heterocycles. The molecule has 2 N–H and O–H groups in total. The van der Waals surface area contributed by atoms with Gasteiger partial charge in [-0.15, -0.1) is 0 Å². The Kier molecular flexibility index (Phi) is 6.97. The fourth-order valence-electron chi connectivity index (χ4n) is 3.31. The quantitative estimate of drug-likeness (QED) is 0.539. The van der Waals surface area contributed by atoms with E-state index in [1.54, 1.807) is 36.4 Å². The fourth-order valence-corrected chi connectivity index (χ4v) is 3.31. The zero-order chi connectivity index (χ0) is 23.3. The van der Waals surface area contributed by atoms with E-state index in [1.807, 2.05) is 0 Å². The number of hydrogen-bond acceptors (Lipinski definition) is 5. The molecule has 1 amide bonds. The zero-order valence-corrected chi connectivity index (χ0v) is 17.3. The van der Waals surface area contributed by atoms with Gasteiger partial charge >= 0.3 is 6.18 Å². The molecule has 0 saturated heterocycles. The number of ketones is 1. The third-order valence-electron chi connectivity index (χ3n) is 4.88. The topological polar surface area (TPSA) is 98.8 Å². The van der Waals surface area contributed by atoms with Crippen molar-refractivity contribution in [3.05, 3.63) is 88.3 Å². The highest BCUT2D eigenvalue weighted by Gasteiger charge is 2.34. The normalized spacial score (nSPS) is 11.4. The minimum Gasteiger partial charge on any atom is -0.369 e. The number of hydrogen-bond donors (Lipinski definition) is 1. The van der Waals surface area contributed by atoms with Crippen LogP contribution in [0.3, 0.4) is 0 Å². The number of amides is 1. The summed E-state index contributed by atoms with van der Waals surface area (Å²) in [5.41, 5.74) is 6.65. The first-order valence-corrected chi connectivity index (χ1v) is 9.86. The molecule has 0 aliphatic carbocycles. The van der Waals surface area contributed by atoms with Crippen LogP contribution >= 0.6 is 0 Å². The molecule has 32 heavy (non-hydrogen) atoms. The van der Waals surface area contributed by atoms with Crippen molar-refractivity contribution in [3.63, 3.8) is 0 Å². The number of primary amides is 1. The van der Waals surface area contributed by atoms with E-state index in [0.717, 1.165) is 11.8 Å². The Morgan fingerprint density at radius 2 is 1.69 bits per heavy atom. The van der Waals surface area contributed by atoms with Crippen LogP contribution < -0.4 is 5.73 Å². The highest BCUT2D eigenvalue weighted by atomic mass is 19.4. The molecule has 6 nitrogen and oxygen atoms in total. The lowest BCUT2D eigenvalue weighted by atomic mass is 9.98. The van der Waals surface area contributed by atoms with Crippen LogP contribution in [0.2, 0.25) is 0 Å². The fraction of sp³-hybridized carbons (Fsp3) is 0.261. The number of halogens is 3. The first-order chi connectivity index (χ1) is 15.1. The molecule has 0 aliphatic heterocycles. The van der Waals surface area contributed by atoms with Crippen molar-refractivity contribution in [3.8, 4) is 0 Å². The number of aryl methyl sites for hydroxylation is 2. The van der Waals surface area contributed by atoms with Gasteiger partial charge < -0.3 is 5.73 Å². The summed E-state index contributed by atoms with van der Waals surface area (Å²) in [6.45, 7) is 1.40. The predicted octanol–water partition coefficient (Wildman–Crippen LogP) is 3.50. The monoisotopic (exact) mass is 442 g/mol. The minimum absolute atomic E-state index is 0.0145. The molecule has 0 unspecified atom stereocenters. The van der Waals surface area contributed by atoms with Crippen LogP contribution in [0.25, 0.3) is 0 Å². The second kappa shape index (κ2) is 9.67. The Labute approximate surface area is 182 Å². The van der Waals surface area contributed by atoms with Crippen molar-refractivity contribution in [2.24, 2.45) is 5.73 Å². The highest BCUT2D eigenvalue weighted by molar-refractivity contribution is 5.91. The van der Waals surface area contributed by atoms with Crippen LogP contribution in [-0.2, 0) is 36.7 Å². The maximum atomic E-state index is 13.5. The van der Waals surface area contributed by atoms with E-state index in [0.29, 0.717) is 16.8 Å². The number of nitrogens with zero attached hydrogens (tertiary/aromatic N) is 3. The van der Waals surface area contributed by atoms with E-state index in [2.05, 4.69) is 15.0 Å². The molecule has 166 valence electrons. The lowest BCUT2D eigenvalue weighted by Gasteiger charge is -2.14. The molecule has 3 rings (SSSR count). The van der Waals surface area contributed by atoms with Crippen molar-refractivity contribution in [2.45, 2.75) is 38.8 Å². The van der Waals surface area contributed by atoms with Gasteiger partial charge in [0, 0.05) is 25.7 Å². The van der Waals surface area contributed by atoms with Gasteiger partial charge in [0.05, 0.1) is 17.7 Å². The molecular weight excluding hydrogens is 421 g/mol. The molecule has 0 radical (unpaired) electrons. The smallest absolute Gasteiger partial charge is 0.369 e. The summed E-state index contributed by atoms with van der Waals surface area (Å²) in [6, 6.07) is 10.2. The van der Waals surface area contributed by atoms with Crippen LogP contribution in [0, 0.1) is 0 Å². The van der Waals surface area contributed by atoms with Gasteiger partial charge in [0.15, 0.2) is 5.78 Å². The van der Waals surface area contributed by atoms with E-state index in [4.69, 9.17) is 5.73 Å². The number of alkyl halides is 3. The highest BCUT2D eigenvalue weighted by Crippen LogP contribution is 2.31. The molecule has 0 spiro atoms. The number of benzene rings is 1. The van der Waals surface area contributed by atoms with Gasteiger partial charge in [0.1, 0.15) is 11.5 Å². The largest absolute Gasteiger partial charge is 0.419 e. The van der Waals surface area contributed by atoms with Gasteiger partial charge in [-0.2, -0.15) is 13.2 Å². The third-order valence-corrected chi connectivity index (χ3v) is 4.88. The molecule has 1 aromatic carbocycles. The van der Waals surface area contributed by atoms with E-state index < -0.39 is 17.6 Å². The number of nitrogens with two attached hydrogens (primary N) is 1. The Morgan fingerprint density at radius 3 is 2.28 bits per heavy atom. The van der Waals surface area contributed by atoms with E-state index in [1.165, 1.54) is 13.1 Å². The molecule has 9 heteroatoms. The summed E-state index contributed by atoms with van der Waals surface area (Å²) in [7, 11) is 0. The van der Waals surface area contributed by atoms with Crippen molar-refractivity contribution >= 4 is 11.7 Å². The van der Waals surface area contributed by atoms with E-state index in [9.17, 15) is 22.8 Å². The van der Waals surface area contributed by atoms with Crippen LogP contribution in [0.15, 0.2) is 48.8 Å². The summed E-state index contributed by atoms with van der Waals surface area (Å²) < 4.78 is 40.6.